The fourth-order valence-corrected chi connectivity index (χ4v) is 2.23. The topological polar surface area (TPSA) is 34.0 Å². The number of likely N-dealkylation sites (tertiary alicyclic amines) is 1. The van der Waals surface area contributed by atoms with Crippen molar-refractivity contribution >= 4 is 0 Å². The minimum absolute atomic E-state index is 0.304. The first-order chi connectivity index (χ1) is 7.07. The third-order valence-corrected chi connectivity index (χ3v) is 3.27. The van der Waals surface area contributed by atoms with Crippen molar-refractivity contribution in [2.75, 3.05) is 13.1 Å². The lowest BCUT2D eigenvalue weighted by molar-refractivity contribution is 0.0897. The van der Waals surface area contributed by atoms with Gasteiger partial charge in [0.15, 0.2) is 0 Å². The second kappa shape index (κ2) is 3.93. The quantitative estimate of drug-likeness (QED) is 0.704. The zero-order valence-electron chi connectivity index (χ0n) is 9.85. The fourth-order valence-electron chi connectivity index (χ4n) is 2.23. The van der Waals surface area contributed by atoms with Crippen LogP contribution in [0.25, 0.3) is 0 Å². The lowest BCUT2D eigenvalue weighted by Crippen LogP contribution is -2.46. The Balaban J connectivity index is 1.93. The normalized spacial score (nSPS) is 20.7. The molecule has 1 fully saturated rings. The Labute approximate surface area is 91.3 Å². The molecule has 1 aliphatic rings. The van der Waals surface area contributed by atoms with Crippen LogP contribution in [0.5, 0.6) is 0 Å². The maximum absolute atomic E-state index is 3.86. The van der Waals surface area contributed by atoms with Crippen molar-refractivity contribution < 1.29 is 0 Å². The summed E-state index contributed by atoms with van der Waals surface area (Å²) in [5.41, 5.74) is 0.304. The Hall–Kier alpha value is -0.900. The number of nitrogens with zero attached hydrogens (tertiary/aromatic N) is 4. The lowest BCUT2D eigenvalue weighted by atomic mass is 9.98. The second-order valence-electron chi connectivity index (χ2n) is 5.30. The highest BCUT2D eigenvalue weighted by Crippen LogP contribution is 2.26. The SMILES string of the molecule is CC(C)(C)N1CCC(n2cnnc2)CC1. The van der Waals surface area contributed by atoms with Gasteiger partial charge in [0.05, 0.1) is 0 Å². The zero-order valence-corrected chi connectivity index (χ0v) is 9.85. The minimum atomic E-state index is 0.304. The van der Waals surface area contributed by atoms with Crippen LogP contribution in [0.1, 0.15) is 39.7 Å². The molecule has 0 radical (unpaired) electrons. The van der Waals surface area contributed by atoms with Crippen LogP contribution in [0.4, 0.5) is 0 Å². The number of hydrogen-bond donors (Lipinski definition) is 0. The summed E-state index contributed by atoms with van der Waals surface area (Å²) in [6, 6.07) is 0.596. The number of hydrogen-bond acceptors (Lipinski definition) is 3. The van der Waals surface area contributed by atoms with Crippen molar-refractivity contribution in [3.63, 3.8) is 0 Å². The molecule has 0 unspecified atom stereocenters. The molecule has 0 atom stereocenters. The third kappa shape index (κ3) is 2.37. The van der Waals surface area contributed by atoms with E-state index in [2.05, 4.69) is 40.4 Å². The molecule has 1 saturated heterocycles. The maximum Gasteiger partial charge on any atom is 0.119 e. The molecule has 2 rings (SSSR count). The van der Waals surface area contributed by atoms with Crippen LogP contribution in [-0.4, -0.2) is 38.3 Å². The summed E-state index contributed by atoms with van der Waals surface area (Å²) >= 11 is 0. The van der Waals surface area contributed by atoms with Gasteiger partial charge < -0.3 is 4.57 Å². The highest BCUT2D eigenvalue weighted by Gasteiger charge is 2.27. The van der Waals surface area contributed by atoms with Gasteiger partial charge in [0.25, 0.3) is 0 Å². The molecule has 0 saturated carbocycles. The molecule has 84 valence electrons. The van der Waals surface area contributed by atoms with Crippen molar-refractivity contribution in [3.05, 3.63) is 12.7 Å². The van der Waals surface area contributed by atoms with Crippen LogP contribution in [0.2, 0.25) is 0 Å². The molecule has 0 aliphatic carbocycles. The summed E-state index contributed by atoms with van der Waals surface area (Å²) in [6.07, 6.45) is 6.07. The standard InChI is InChI=1S/C11H20N4/c1-11(2,3)15-6-4-10(5-7-15)14-8-12-13-9-14/h8-10H,4-7H2,1-3H3. The van der Waals surface area contributed by atoms with Crippen molar-refractivity contribution in [1.29, 1.82) is 0 Å². The maximum atomic E-state index is 3.86. The van der Waals surface area contributed by atoms with Crippen LogP contribution < -0.4 is 0 Å². The van der Waals surface area contributed by atoms with Gasteiger partial charge in [0.1, 0.15) is 12.7 Å². The van der Waals surface area contributed by atoms with Crippen molar-refractivity contribution in [2.45, 2.75) is 45.2 Å². The molecule has 1 aromatic rings. The first-order valence-electron chi connectivity index (χ1n) is 5.66. The van der Waals surface area contributed by atoms with Gasteiger partial charge >= 0.3 is 0 Å². The first-order valence-corrected chi connectivity index (χ1v) is 5.66. The molecule has 4 heteroatoms. The second-order valence-corrected chi connectivity index (χ2v) is 5.30. The molecule has 2 heterocycles. The molecule has 0 spiro atoms. The van der Waals surface area contributed by atoms with E-state index < -0.39 is 0 Å². The molecule has 1 aromatic heterocycles. The Morgan fingerprint density at radius 3 is 2.07 bits per heavy atom. The average Bonchev–Trinajstić information content (AvgIpc) is 2.69. The van der Waals surface area contributed by atoms with E-state index in [0.717, 1.165) is 0 Å². The van der Waals surface area contributed by atoms with Gasteiger partial charge in [-0.15, -0.1) is 10.2 Å². The molecule has 0 bridgehead atoms. The molecule has 1 aliphatic heterocycles. The number of piperidine rings is 1. The summed E-state index contributed by atoms with van der Waals surface area (Å²) < 4.78 is 2.14. The summed E-state index contributed by atoms with van der Waals surface area (Å²) in [5.74, 6) is 0. The average molecular weight is 208 g/mol. The van der Waals surface area contributed by atoms with E-state index in [4.69, 9.17) is 0 Å². The van der Waals surface area contributed by atoms with E-state index >= 15 is 0 Å². The first kappa shape index (κ1) is 10.6. The van der Waals surface area contributed by atoms with Gasteiger partial charge in [-0.3, -0.25) is 4.90 Å². The van der Waals surface area contributed by atoms with Crippen molar-refractivity contribution in [2.24, 2.45) is 0 Å². The molecule has 4 nitrogen and oxygen atoms in total. The van der Waals surface area contributed by atoms with Gasteiger partial charge in [-0.05, 0) is 33.6 Å². The smallest absolute Gasteiger partial charge is 0.119 e. The predicted octanol–water partition coefficient (Wildman–Crippen LogP) is 1.71. The molecule has 0 N–H and O–H groups in total. The highest BCUT2D eigenvalue weighted by molar-refractivity contribution is 4.84. The van der Waals surface area contributed by atoms with E-state index in [1.54, 1.807) is 0 Å². The van der Waals surface area contributed by atoms with E-state index in [-0.39, 0.29) is 0 Å². The minimum Gasteiger partial charge on any atom is -0.317 e. The van der Waals surface area contributed by atoms with Crippen LogP contribution in [-0.2, 0) is 0 Å². The van der Waals surface area contributed by atoms with E-state index in [0.29, 0.717) is 11.6 Å². The predicted molar refractivity (Wildman–Crippen MR) is 59.6 cm³/mol. The van der Waals surface area contributed by atoms with Gasteiger partial charge in [0, 0.05) is 24.7 Å². The molecular weight excluding hydrogens is 188 g/mol. The summed E-state index contributed by atoms with van der Waals surface area (Å²) in [4.78, 5) is 2.55. The van der Waals surface area contributed by atoms with Gasteiger partial charge in [-0.25, -0.2) is 0 Å². The molecule has 15 heavy (non-hydrogen) atoms. The van der Waals surface area contributed by atoms with E-state index in [9.17, 15) is 0 Å². The van der Waals surface area contributed by atoms with E-state index in [1.165, 1.54) is 25.9 Å². The number of aromatic nitrogens is 3. The highest BCUT2D eigenvalue weighted by atomic mass is 15.3. The Morgan fingerprint density at radius 1 is 1.07 bits per heavy atom. The summed E-state index contributed by atoms with van der Waals surface area (Å²) in [5, 5.41) is 7.73. The van der Waals surface area contributed by atoms with Crippen LogP contribution >= 0.6 is 0 Å². The number of rotatable bonds is 1. The Morgan fingerprint density at radius 2 is 1.60 bits per heavy atom. The van der Waals surface area contributed by atoms with Gasteiger partial charge in [0.2, 0.25) is 0 Å². The van der Waals surface area contributed by atoms with Crippen molar-refractivity contribution in [3.8, 4) is 0 Å². The van der Waals surface area contributed by atoms with Gasteiger partial charge in [-0.1, -0.05) is 0 Å². The van der Waals surface area contributed by atoms with Crippen molar-refractivity contribution in [1.82, 2.24) is 19.7 Å². The third-order valence-electron chi connectivity index (χ3n) is 3.27. The lowest BCUT2D eigenvalue weighted by Gasteiger charge is -2.41. The summed E-state index contributed by atoms with van der Waals surface area (Å²) in [6.45, 7) is 9.20. The van der Waals surface area contributed by atoms with E-state index in [1.807, 2.05) is 12.7 Å². The fraction of sp³-hybridized carbons (Fsp3) is 0.818. The summed E-state index contributed by atoms with van der Waals surface area (Å²) in [7, 11) is 0. The van der Waals surface area contributed by atoms with Crippen LogP contribution in [0, 0.1) is 0 Å². The van der Waals surface area contributed by atoms with Crippen LogP contribution in [0.3, 0.4) is 0 Å². The molecule has 0 amide bonds. The Kier molecular flexibility index (Phi) is 2.78. The monoisotopic (exact) mass is 208 g/mol. The Bertz CT molecular complexity index is 291. The van der Waals surface area contributed by atoms with Crippen LogP contribution in [0.15, 0.2) is 12.7 Å². The zero-order chi connectivity index (χ0) is 10.9. The molecule has 0 aromatic carbocycles. The largest absolute Gasteiger partial charge is 0.317 e. The molecular formula is C11H20N4. The van der Waals surface area contributed by atoms with Gasteiger partial charge in [-0.2, -0.15) is 0 Å².